The number of benzene rings is 2. The first-order valence-electron chi connectivity index (χ1n) is 10.8. The van der Waals surface area contributed by atoms with Crippen LogP contribution in [0.3, 0.4) is 0 Å². The predicted molar refractivity (Wildman–Crippen MR) is 124 cm³/mol. The fourth-order valence-corrected chi connectivity index (χ4v) is 3.84. The molecule has 1 aromatic heterocycles. The fourth-order valence-electron chi connectivity index (χ4n) is 3.84. The molecule has 1 aliphatic rings. The summed E-state index contributed by atoms with van der Waals surface area (Å²) in [5.41, 5.74) is 1.65. The van der Waals surface area contributed by atoms with Gasteiger partial charge in [0, 0.05) is 49.9 Å². The van der Waals surface area contributed by atoms with Gasteiger partial charge in [-0.2, -0.15) is 0 Å². The molecule has 172 valence electrons. The normalized spacial score (nSPS) is 14.6. The second-order valence-electron chi connectivity index (χ2n) is 7.94. The summed E-state index contributed by atoms with van der Waals surface area (Å²) in [6, 6.07) is 14.3. The van der Waals surface area contributed by atoms with Gasteiger partial charge in [-0.1, -0.05) is 6.07 Å². The average Bonchev–Trinajstić information content (AvgIpc) is 3.07. The summed E-state index contributed by atoms with van der Waals surface area (Å²) in [7, 11) is 1.58. The molecule has 0 bridgehead atoms. The Morgan fingerprint density at radius 1 is 1.03 bits per heavy atom. The van der Waals surface area contributed by atoms with Crippen LogP contribution in [0.4, 0.5) is 20.3 Å². The molecular formula is C25H26F2N4O2. The Balaban J connectivity index is 1.33. The van der Waals surface area contributed by atoms with Crippen LogP contribution in [0.25, 0.3) is 0 Å². The van der Waals surface area contributed by atoms with E-state index in [4.69, 9.17) is 4.74 Å². The number of pyridine rings is 1. The minimum atomic E-state index is -0.562. The van der Waals surface area contributed by atoms with Crippen LogP contribution in [0.2, 0.25) is 0 Å². The summed E-state index contributed by atoms with van der Waals surface area (Å²) in [6.07, 6.45) is 2.55. The molecule has 1 aliphatic heterocycles. The molecule has 1 amide bonds. The van der Waals surface area contributed by atoms with E-state index in [-0.39, 0.29) is 5.91 Å². The molecular weight excluding hydrogens is 426 g/mol. The second kappa shape index (κ2) is 10.4. The number of hydrogen-bond acceptors (Lipinski definition) is 5. The minimum Gasteiger partial charge on any atom is -0.497 e. The smallest absolute Gasteiger partial charge is 0.255 e. The van der Waals surface area contributed by atoms with Crippen LogP contribution in [-0.4, -0.2) is 49.1 Å². The molecule has 0 aliphatic carbocycles. The molecule has 0 atom stereocenters. The first-order valence-corrected chi connectivity index (χ1v) is 10.8. The first-order chi connectivity index (χ1) is 16.0. The van der Waals surface area contributed by atoms with Gasteiger partial charge in [0.25, 0.3) is 5.91 Å². The van der Waals surface area contributed by atoms with Crippen LogP contribution in [-0.2, 0) is 6.54 Å². The molecule has 1 fully saturated rings. The van der Waals surface area contributed by atoms with Gasteiger partial charge in [-0.05, 0) is 48.9 Å². The molecule has 8 heteroatoms. The van der Waals surface area contributed by atoms with Crippen molar-refractivity contribution in [2.24, 2.45) is 0 Å². The highest BCUT2D eigenvalue weighted by molar-refractivity contribution is 6.04. The zero-order chi connectivity index (χ0) is 23.2. The third-order valence-corrected chi connectivity index (χ3v) is 5.68. The van der Waals surface area contributed by atoms with E-state index in [1.54, 1.807) is 37.6 Å². The standard InChI is InChI=1S/C25H26F2N4O2/c1-33-22-8-4-18(5-9-22)25(32)29-21-7-10-24(28-16-21)31-12-2-11-30(13-14-31)17-19-3-6-20(26)15-23(19)27/h3-10,15-16H,2,11-14,17H2,1H3,(H,29,32). The number of amides is 1. The Bertz CT molecular complexity index is 1090. The van der Waals surface area contributed by atoms with Crippen molar-refractivity contribution in [3.8, 4) is 5.75 Å². The van der Waals surface area contributed by atoms with Crippen LogP contribution >= 0.6 is 0 Å². The molecule has 4 rings (SSSR count). The number of carbonyl (C=O) groups is 1. The molecule has 2 aromatic carbocycles. The van der Waals surface area contributed by atoms with E-state index in [1.165, 1.54) is 12.1 Å². The number of halogens is 2. The van der Waals surface area contributed by atoms with Crippen molar-refractivity contribution < 1.29 is 18.3 Å². The quantitative estimate of drug-likeness (QED) is 0.603. The summed E-state index contributed by atoms with van der Waals surface area (Å²) >= 11 is 0. The third-order valence-electron chi connectivity index (χ3n) is 5.68. The maximum absolute atomic E-state index is 14.0. The third kappa shape index (κ3) is 5.84. The number of ether oxygens (including phenoxy) is 1. The number of carbonyl (C=O) groups excluding carboxylic acids is 1. The van der Waals surface area contributed by atoms with E-state index >= 15 is 0 Å². The van der Waals surface area contributed by atoms with Gasteiger partial charge in [-0.25, -0.2) is 13.8 Å². The Labute approximate surface area is 191 Å². The molecule has 0 saturated carbocycles. The van der Waals surface area contributed by atoms with Crippen LogP contribution in [0.1, 0.15) is 22.3 Å². The van der Waals surface area contributed by atoms with Crippen LogP contribution < -0.4 is 15.0 Å². The second-order valence-corrected chi connectivity index (χ2v) is 7.94. The van der Waals surface area contributed by atoms with E-state index in [0.29, 0.717) is 29.1 Å². The van der Waals surface area contributed by atoms with E-state index in [0.717, 1.165) is 44.5 Å². The molecule has 0 spiro atoms. The van der Waals surface area contributed by atoms with E-state index in [1.807, 2.05) is 12.1 Å². The highest BCUT2D eigenvalue weighted by Crippen LogP contribution is 2.19. The van der Waals surface area contributed by atoms with E-state index in [2.05, 4.69) is 20.1 Å². The van der Waals surface area contributed by atoms with Gasteiger partial charge >= 0.3 is 0 Å². The zero-order valence-corrected chi connectivity index (χ0v) is 18.4. The lowest BCUT2D eigenvalue weighted by Gasteiger charge is -2.23. The predicted octanol–water partition coefficient (Wildman–Crippen LogP) is 4.33. The number of hydrogen-bond donors (Lipinski definition) is 1. The van der Waals surface area contributed by atoms with Gasteiger partial charge < -0.3 is 15.0 Å². The van der Waals surface area contributed by atoms with Crippen LogP contribution in [0.5, 0.6) is 5.75 Å². The summed E-state index contributed by atoms with van der Waals surface area (Å²) in [6.45, 7) is 3.59. The van der Waals surface area contributed by atoms with Crippen molar-refractivity contribution in [1.29, 1.82) is 0 Å². The van der Waals surface area contributed by atoms with Gasteiger partial charge in [0.05, 0.1) is 19.0 Å². The topological polar surface area (TPSA) is 57.7 Å². The lowest BCUT2D eigenvalue weighted by atomic mass is 10.2. The van der Waals surface area contributed by atoms with Crippen molar-refractivity contribution in [3.63, 3.8) is 0 Å². The monoisotopic (exact) mass is 452 g/mol. The molecule has 6 nitrogen and oxygen atoms in total. The highest BCUT2D eigenvalue weighted by Gasteiger charge is 2.18. The maximum Gasteiger partial charge on any atom is 0.255 e. The number of anilines is 2. The van der Waals surface area contributed by atoms with Crippen LogP contribution in [0.15, 0.2) is 60.8 Å². The lowest BCUT2D eigenvalue weighted by Crippen LogP contribution is -2.31. The van der Waals surface area contributed by atoms with Gasteiger partial charge in [-0.15, -0.1) is 0 Å². The molecule has 3 aromatic rings. The van der Waals surface area contributed by atoms with Crippen molar-refractivity contribution in [1.82, 2.24) is 9.88 Å². The van der Waals surface area contributed by atoms with Gasteiger partial charge in [0.1, 0.15) is 23.2 Å². The highest BCUT2D eigenvalue weighted by atomic mass is 19.1. The Hall–Kier alpha value is -3.52. The summed E-state index contributed by atoms with van der Waals surface area (Å²) in [5.74, 6) is 0.229. The van der Waals surface area contributed by atoms with Gasteiger partial charge in [0.15, 0.2) is 0 Å². The Morgan fingerprint density at radius 2 is 1.85 bits per heavy atom. The number of aromatic nitrogens is 1. The maximum atomic E-state index is 14.0. The molecule has 1 saturated heterocycles. The molecule has 0 radical (unpaired) electrons. The lowest BCUT2D eigenvalue weighted by molar-refractivity contribution is 0.102. The Morgan fingerprint density at radius 3 is 2.55 bits per heavy atom. The zero-order valence-electron chi connectivity index (χ0n) is 18.4. The number of nitrogens with one attached hydrogen (secondary N) is 1. The molecule has 1 N–H and O–H groups in total. The first kappa shape index (κ1) is 22.7. The molecule has 2 heterocycles. The van der Waals surface area contributed by atoms with Crippen molar-refractivity contribution >= 4 is 17.4 Å². The van der Waals surface area contributed by atoms with Crippen LogP contribution in [0, 0.1) is 11.6 Å². The molecule has 0 unspecified atom stereocenters. The average molecular weight is 453 g/mol. The summed E-state index contributed by atoms with van der Waals surface area (Å²) in [5, 5.41) is 2.85. The molecule has 33 heavy (non-hydrogen) atoms. The van der Waals surface area contributed by atoms with E-state index in [9.17, 15) is 13.6 Å². The summed E-state index contributed by atoms with van der Waals surface area (Å²) < 4.78 is 32.3. The largest absolute Gasteiger partial charge is 0.497 e. The van der Waals surface area contributed by atoms with Crippen molar-refractivity contribution in [2.75, 3.05) is 43.5 Å². The number of methoxy groups -OCH3 is 1. The number of rotatable bonds is 6. The van der Waals surface area contributed by atoms with Crippen molar-refractivity contribution in [3.05, 3.63) is 83.6 Å². The SMILES string of the molecule is COc1ccc(C(=O)Nc2ccc(N3CCCN(Cc4ccc(F)cc4F)CC3)nc2)cc1. The summed E-state index contributed by atoms with van der Waals surface area (Å²) in [4.78, 5) is 21.3. The van der Waals surface area contributed by atoms with Gasteiger partial charge in [-0.3, -0.25) is 9.69 Å². The minimum absolute atomic E-state index is 0.217. The Kier molecular flexibility index (Phi) is 7.14. The van der Waals surface area contributed by atoms with Gasteiger partial charge in [0.2, 0.25) is 0 Å². The number of nitrogens with zero attached hydrogens (tertiary/aromatic N) is 3. The fraction of sp³-hybridized carbons (Fsp3) is 0.280. The van der Waals surface area contributed by atoms with E-state index < -0.39 is 11.6 Å². The van der Waals surface area contributed by atoms with Crippen molar-refractivity contribution in [2.45, 2.75) is 13.0 Å².